The van der Waals surface area contributed by atoms with Gasteiger partial charge in [0.1, 0.15) is 5.82 Å². The fourth-order valence-corrected chi connectivity index (χ4v) is 2.49. The number of nitrogens with zero attached hydrogens (tertiary/aromatic N) is 1. The van der Waals surface area contributed by atoms with Gasteiger partial charge in [-0.05, 0) is 43.7 Å². The molecule has 0 saturated carbocycles. The van der Waals surface area contributed by atoms with Crippen LogP contribution in [0.25, 0.3) is 6.08 Å². The van der Waals surface area contributed by atoms with Crippen molar-refractivity contribution in [3.8, 4) is 0 Å². The molecule has 1 fully saturated rings. The lowest BCUT2D eigenvalue weighted by Gasteiger charge is -2.20. The van der Waals surface area contributed by atoms with Gasteiger partial charge in [0.05, 0.1) is 6.10 Å². The molecule has 1 saturated heterocycles. The first-order valence-electron chi connectivity index (χ1n) is 7.04. The number of carboxylic acids is 1. The lowest BCUT2D eigenvalue weighted by Crippen LogP contribution is -2.28. The van der Waals surface area contributed by atoms with E-state index in [9.17, 15) is 9.18 Å². The molecule has 0 aliphatic carbocycles. The van der Waals surface area contributed by atoms with E-state index in [4.69, 9.17) is 9.84 Å². The molecular formula is C16H20FNO3. The second-order valence-corrected chi connectivity index (χ2v) is 5.36. The molecule has 1 aliphatic heterocycles. The first-order valence-corrected chi connectivity index (χ1v) is 7.04. The van der Waals surface area contributed by atoms with Crippen molar-refractivity contribution in [1.29, 1.82) is 0 Å². The van der Waals surface area contributed by atoms with Gasteiger partial charge in [0.2, 0.25) is 0 Å². The fourth-order valence-electron chi connectivity index (χ4n) is 2.49. The monoisotopic (exact) mass is 293 g/mol. The van der Waals surface area contributed by atoms with Crippen LogP contribution in [0.2, 0.25) is 0 Å². The number of benzene rings is 1. The fraction of sp³-hybridized carbons (Fsp3) is 0.438. The van der Waals surface area contributed by atoms with Gasteiger partial charge >= 0.3 is 5.97 Å². The second kappa shape index (κ2) is 7.33. The number of aliphatic carboxylic acids is 1. The molecule has 0 radical (unpaired) electrons. The third-order valence-electron chi connectivity index (χ3n) is 3.46. The quantitative estimate of drug-likeness (QED) is 0.819. The minimum absolute atomic E-state index is 0.279. The third-order valence-corrected chi connectivity index (χ3v) is 3.46. The first kappa shape index (κ1) is 15.7. The van der Waals surface area contributed by atoms with Crippen LogP contribution < -0.4 is 0 Å². The van der Waals surface area contributed by atoms with E-state index in [1.54, 1.807) is 12.1 Å². The molecule has 1 aromatic carbocycles. The molecule has 1 heterocycles. The van der Waals surface area contributed by atoms with Crippen molar-refractivity contribution in [2.45, 2.75) is 25.5 Å². The summed E-state index contributed by atoms with van der Waals surface area (Å²) in [5.41, 5.74) is 1.24. The maximum atomic E-state index is 13.6. The van der Waals surface area contributed by atoms with E-state index in [-0.39, 0.29) is 6.10 Å². The molecule has 0 aromatic heterocycles. The van der Waals surface area contributed by atoms with Gasteiger partial charge in [0, 0.05) is 31.3 Å². The van der Waals surface area contributed by atoms with Crippen LogP contribution in [0, 0.1) is 5.82 Å². The van der Waals surface area contributed by atoms with Crippen LogP contribution in [0.1, 0.15) is 24.0 Å². The Hall–Kier alpha value is -1.72. The Morgan fingerprint density at radius 1 is 1.57 bits per heavy atom. The summed E-state index contributed by atoms with van der Waals surface area (Å²) in [5, 5.41) is 8.61. The van der Waals surface area contributed by atoms with Crippen LogP contribution >= 0.6 is 0 Å². The third kappa shape index (κ3) is 4.95. The predicted octanol–water partition coefficient (Wildman–Crippen LogP) is 2.53. The summed E-state index contributed by atoms with van der Waals surface area (Å²) < 4.78 is 19.2. The molecule has 1 unspecified atom stereocenters. The highest BCUT2D eigenvalue weighted by Crippen LogP contribution is 2.16. The van der Waals surface area contributed by atoms with Crippen LogP contribution in [-0.2, 0) is 16.1 Å². The Morgan fingerprint density at radius 3 is 3.05 bits per heavy atom. The van der Waals surface area contributed by atoms with Crippen molar-refractivity contribution in [3.05, 3.63) is 41.2 Å². The number of halogens is 1. The minimum Gasteiger partial charge on any atom is -0.478 e. The average molecular weight is 293 g/mol. The van der Waals surface area contributed by atoms with E-state index in [0.29, 0.717) is 12.1 Å². The number of ether oxygens (including phenoxy) is 1. The van der Waals surface area contributed by atoms with Crippen molar-refractivity contribution >= 4 is 12.0 Å². The molecule has 1 aliphatic rings. The molecular weight excluding hydrogens is 273 g/mol. The van der Waals surface area contributed by atoms with Gasteiger partial charge in [-0.25, -0.2) is 9.18 Å². The lowest BCUT2D eigenvalue weighted by molar-refractivity contribution is -0.131. The van der Waals surface area contributed by atoms with Crippen molar-refractivity contribution < 1.29 is 19.0 Å². The molecule has 0 amide bonds. The van der Waals surface area contributed by atoms with E-state index < -0.39 is 11.8 Å². The average Bonchev–Trinajstić information content (AvgIpc) is 2.92. The molecule has 0 bridgehead atoms. The van der Waals surface area contributed by atoms with Crippen molar-refractivity contribution in [2.75, 3.05) is 20.2 Å². The minimum atomic E-state index is -1.09. The molecule has 4 nitrogen and oxygen atoms in total. The number of hydrogen-bond acceptors (Lipinski definition) is 3. The van der Waals surface area contributed by atoms with Gasteiger partial charge in [-0.15, -0.1) is 0 Å². The van der Waals surface area contributed by atoms with Gasteiger partial charge in [-0.1, -0.05) is 6.07 Å². The predicted molar refractivity (Wildman–Crippen MR) is 78.4 cm³/mol. The van der Waals surface area contributed by atoms with E-state index >= 15 is 0 Å². The van der Waals surface area contributed by atoms with Crippen LogP contribution in [0.3, 0.4) is 0 Å². The number of carbonyl (C=O) groups is 1. The smallest absolute Gasteiger partial charge is 0.328 e. The first-order chi connectivity index (χ1) is 10.0. The highest BCUT2D eigenvalue weighted by atomic mass is 19.1. The van der Waals surface area contributed by atoms with Crippen molar-refractivity contribution in [2.24, 2.45) is 0 Å². The highest BCUT2D eigenvalue weighted by molar-refractivity contribution is 5.85. The van der Waals surface area contributed by atoms with Gasteiger partial charge in [-0.3, -0.25) is 4.90 Å². The van der Waals surface area contributed by atoms with E-state index in [2.05, 4.69) is 4.90 Å². The summed E-state index contributed by atoms with van der Waals surface area (Å²) in [6.07, 6.45) is 4.70. The SMILES string of the molecule is CN(Cc1ccc(F)c(C=CC(=O)O)c1)CC1CCCO1. The molecule has 0 spiro atoms. The van der Waals surface area contributed by atoms with Crippen LogP contribution in [0.4, 0.5) is 4.39 Å². The Bertz CT molecular complexity index is 524. The van der Waals surface area contributed by atoms with Crippen LogP contribution in [0.15, 0.2) is 24.3 Å². The normalized spacial score (nSPS) is 18.7. The molecule has 1 N–H and O–H groups in total. The molecule has 5 heteroatoms. The maximum Gasteiger partial charge on any atom is 0.328 e. The van der Waals surface area contributed by atoms with Crippen molar-refractivity contribution in [1.82, 2.24) is 4.90 Å². The number of hydrogen-bond donors (Lipinski definition) is 1. The van der Waals surface area contributed by atoms with E-state index in [0.717, 1.165) is 37.6 Å². The number of carboxylic acid groups (broad SMARTS) is 1. The van der Waals surface area contributed by atoms with E-state index in [1.807, 2.05) is 7.05 Å². The Kier molecular flexibility index (Phi) is 5.47. The number of likely N-dealkylation sites (N-methyl/N-ethyl adjacent to an activating group) is 1. The molecule has 1 aromatic rings. The second-order valence-electron chi connectivity index (χ2n) is 5.36. The van der Waals surface area contributed by atoms with Crippen LogP contribution in [-0.4, -0.2) is 42.3 Å². The Morgan fingerprint density at radius 2 is 2.38 bits per heavy atom. The molecule has 114 valence electrons. The summed E-state index contributed by atoms with van der Waals surface area (Å²) in [6.45, 7) is 2.35. The zero-order valence-electron chi connectivity index (χ0n) is 12.1. The van der Waals surface area contributed by atoms with Gasteiger partial charge in [0.15, 0.2) is 0 Å². The van der Waals surface area contributed by atoms with E-state index in [1.165, 1.54) is 12.1 Å². The van der Waals surface area contributed by atoms with Crippen LogP contribution in [0.5, 0.6) is 0 Å². The van der Waals surface area contributed by atoms with Gasteiger partial charge < -0.3 is 9.84 Å². The van der Waals surface area contributed by atoms with Gasteiger partial charge in [-0.2, -0.15) is 0 Å². The summed E-state index contributed by atoms with van der Waals surface area (Å²) in [7, 11) is 2.00. The molecule has 2 rings (SSSR count). The van der Waals surface area contributed by atoms with Crippen molar-refractivity contribution in [3.63, 3.8) is 0 Å². The summed E-state index contributed by atoms with van der Waals surface area (Å²) in [4.78, 5) is 12.6. The zero-order chi connectivity index (χ0) is 15.2. The highest BCUT2D eigenvalue weighted by Gasteiger charge is 2.17. The molecule has 1 atom stereocenters. The maximum absolute atomic E-state index is 13.6. The largest absolute Gasteiger partial charge is 0.478 e. The Balaban J connectivity index is 1.99. The summed E-state index contributed by atoms with van der Waals surface area (Å²) in [5.74, 6) is -1.51. The lowest BCUT2D eigenvalue weighted by atomic mass is 10.1. The zero-order valence-corrected chi connectivity index (χ0v) is 12.1. The standard InChI is InChI=1S/C16H20FNO3/c1-18(11-14-3-2-8-21-14)10-12-4-6-15(17)13(9-12)5-7-16(19)20/h4-7,9,14H,2-3,8,10-11H2,1H3,(H,19,20). The van der Waals surface area contributed by atoms with Gasteiger partial charge in [0.25, 0.3) is 0 Å². The Labute approximate surface area is 123 Å². The number of rotatable bonds is 6. The summed E-state index contributed by atoms with van der Waals surface area (Å²) in [6, 6.07) is 4.77. The summed E-state index contributed by atoms with van der Waals surface area (Å²) >= 11 is 0. The topological polar surface area (TPSA) is 49.8 Å². The molecule has 21 heavy (non-hydrogen) atoms.